The minimum atomic E-state index is -1.84. The highest BCUT2D eigenvalue weighted by Gasteiger charge is 2.44. The van der Waals surface area contributed by atoms with Crippen LogP contribution in [0, 0.1) is 10.8 Å². The molecule has 2 fully saturated rings. The predicted molar refractivity (Wildman–Crippen MR) is 183 cm³/mol. The van der Waals surface area contributed by atoms with Crippen molar-refractivity contribution < 1.29 is 9.18 Å². The van der Waals surface area contributed by atoms with Crippen LogP contribution in [0.25, 0.3) is 18.7 Å². The second-order valence-corrected chi connectivity index (χ2v) is 10.2. The van der Waals surface area contributed by atoms with Crippen LogP contribution in [-0.2, 0) is 4.79 Å². The standard InChI is InChI=1S/C31H43FN6O.2C2H6/c1-4-5-10-26-23-29(12-7-6-8-18-35-3)38(25(26)2)28-13-19-37(20-14-28)30(39)31(32)15-21-36(22-16-31)24-27(34)11-9-17-33;2*1-2/h4-12,17,23,28,33-35H,2,13-16,18-22,24H2,1,3H3;2*1-2H3/b5-4-,8-6-,11-9-,12-7+,26-10-,33-17?,34-27?;;. The molecule has 238 valence electrons. The third-order valence-corrected chi connectivity index (χ3v) is 7.45. The number of alkyl halides is 1. The third-order valence-electron chi connectivity index (χ3n) is 7.45. The average Bonchev–Trinajstić information content (AvgIpc) is 3.36. The van der Waals surface area contributed by atoms with Crippen LogP contribution in [0.15, 0.2) is 48.6 Å². The maximum Gasteiger partial charge on any atom is 0.260 e. The fourth-order valence-corrected chi connectivity index (χ4v) is 5.28. The van der Waals surface area contributed by atoms with Gasteiger partial charge in [-0.1, -0.05) is 70.7 Å². The fraction of sp³-hybridized carbons (Fsp3) is 0.514. The second kappa shape index (κ2) is 20.5. The predicted octanol–water partition coefficient (Wildman–Crippen LogP) is 5.29. The molecule has 3 heterocycles. The molecule has 1 aromatic rings. The molecule has 0 radical (unpaired) electrons. The molecule has 2 aliphatic heterocycles. The van der Waals surface area contributed by atoms with Crippen molar-refractivity contribution in [3.63, 3.8) is 0 Å². The van der Waals surface area contributed by atoms with E-state index in [2.05, 4.69) is 40.8 Å². The summed E-state index contributed by atoms with van der Waals surface area (Å²) in [6.07, 6.45) is 20.3. The van der Waals surface area contributed by atoms with Gasteiger partial charge in [0.25, 0.3) is 5.91 Å². The first-order valence-electron chi connectivity index (χ1n) is 15.8. The molecule has 1 aromatic heterocycles. The van der Waals surface area contributed by atoms with Crippen molar-refractivity contribution in [2.24, 2.45) is 0 Å². The number of halogens is 1. The number of aromatic nitrogens is 1. The molecule has 0 aromatic carbocycles. The van der Waals surface area contributed by atoms with E-state index >= 15 is 4.39 Å². The maximum atomic E-state index is 15.8. The molecule has 1 amide bonds. The van der Waals surface area contributed by atoms with E-state index < -0.39 is 11.6 Å². The van der Waals surface area contributed by atoms with Gasteiger partial charge in [0.05, 0.1) is 0 Å². The van der Waals surface area contributed by atoms with Crippen LogP contribution in [0.2, 0.25) is 0 Å². The van der Waals surface area contributed by atoms with Gasteiger partial charge in [0.15, 0.2) is 5.67 Å². The van der Waals surface area contributed by atoms with Crippen molar-refractivity contribution in [2.45, 2.75) is 72.0 Å². The van der Waals surface area contributed by atoms with Gasteiger partial charge in [0, 0.05) is 81.1 Å². The van der Waals surface area contributed by atoms with Crippen LogP contribution in [0.5, 0.6) is 0 Å². The molecule has 0 atom stereocenters. The minimum absolute atomic E-state index is 0.147. The van der Waals surface area contributed by atoms with Crippen LogP contribution >= 0.6 is 0 Å². The van der Waals surface area contributed by atoms with Crippen molar-refractivity contribution >= 4 is 36.6 Å². The second-order valence-electron chi connectivity index (χ2n) is 10.2. The molecule has 8 heteroatoms. The van der Waals surface area contributed by atoms with Crippen molar-refractivity contribution in [1.82, 2.24) is 19.7 Å². The molecule has 7 nitrogen and oxygen atoms in total. The van der Waals surface area contributed by atoms with Gasteiger partial charge in [-0.15, -0.1) is 0 Å². The number of piperidine rings is 2. The number of likely N-dealkylation sites (N-methyl/N-ethyl adjacent to an activating group) is 1. The third kappa shape index (κ3) is 11.3. The first-order chi connectivity index (χ1) is 20.8. The number of allylic oxidation sites excluding steroid dienone is 5. The Hall–Kier alpha value is -3.36. The van der Waals surface area contributed by atoms with E-state index in [0.717, 1.165) is 41.9 Å². The molecule has 3 N–H and O–H groups in total. The number of hydrogen-bond acceptors (Lipinski definition) is 5. The Morgan fingerprint density at radius 1 is 1.09 bits per heavy atom. The summed E-state index contributed by atoms with van der Waals surface area (Å²) in [4.78, 5) is 17.0. The van der Waals surface area contributed by atoms with E-state index in [1.807, 2.05) is 70.9 Å². The molecule has 0 aliphatic carbocycles. The lowest BCUT2D eigenvalue weighted by atomic mass is 9.90. The molecular formula is C35H55FN6O. The van der Waals surface area contributed by atoms with Gasteiger partial charge in [-0.05, 0) is 56.3 Å². The monoisotopic (exact) mass is 594 g/mol. The summed E-state index contributed by atoms with van der Waals surface area (Å²) in [5.74, 6) is -0.390. The number of nitrogens with zero attached hydrogens (tertiary/aromatic N) is 3. The summed E-state index contributed by atoms with van der Waals surface area (Å²) < 4.78 is 18.1. The molecule has 2 aliphatic rings. The summed E-state index contributed by atoms with van der Waals surface area (Å²) in [5, 5.41) is 20.1. The minimum Gasteiger partial charge on any atom is -0.340 e. The first kappa shape index (κ1) is 37.7. The van der Waals surface area contributed by atoms with Crippen LogP contribution in [0.3, 0.4) is 0 Å². The van der Waals surface area contributed by atoms with E-state index in [1.54, 1.807) is 11.0 Å². The normalized spacial score (nSPS) is 18.2. The zero-order valence-corrected chi connectivity index (χ0v) is 27.3. The van der Waals surface area contributed by atoms with Crippen LogP contribution in [0.4, 0.5) is 4.39 Å². The number of carbonyl (C=O) groups excluding carboxylic acids is 1. The molecule has 0 saturated carbocycles. The van der Waals surface area contributed by atoms with Gasteiger partial charge in [0.1, 0.15) is 0 Å². The van der Waals surface area contributed by atoms with Gasteiger partial charge in [-0.3, -0.25) is 9.69 Å². The SMILES string of the molecule is C=c1/c(=C\C=C/C)cc(/C=C/C=C\CNC)n1C1CCN(C(=O)C2(F)CCN(CC(=N)/C=C\C=N)CC2)CC1.CC.CC. The Kier molecular flexibility index (Phi) is 18.0. The van der Waals surface area contributed by atoms with Gasteiger partial charge in [-0.25, -0.2) is 4.39 Å². The van der Waals surface area contributed by atoms with Crippen molar-refractivity contribution in [2.75, 3.05) is 46.3 Å². The number of carbonyl (C=O) groups is 1. The number of amides is 1. The van der Waals surface area contributed by atoms with Gasteiger partial charge in [0.2, 0.25) is 0 Å². The van der Waals surface area contributed by atoms with Crippen LogP contribution in [0.1, 0.15) is 72.0 Å². The highest BCUT2D eigenvalue weighted by molar-refractivity contribution is 5.96. The Morgan fingerprint density at radius 2 is 1.74 bits per heavy atom. The number of rotatable bonds is 11. The van der Waals surface area contributed by atoms with Crippen molar-refractivity contribution in [1.29, 1.82) is 10.8 Å². The molecule has 43 heavy (non-hydrogen) atoms. The molecule has 3 rings (SSSR count). The van der Waals surface area contributed by atoms with E-state index in [4.69, 9.17) is 10.8 Å². The summed E-state index contributed by atoms with van der Waals surface area (Å²) in [6, 6.07) is 2.33. The molecule has 0 unspecified atom stereocenters. The van der Waals surface area contributed by atoms with Crippen molar-refractivity contribution in [3.05, 3.63) is 64.9 Å². The lowest BCUT2D eigenvalue weighted by Gasteiger charge is -2.40. The quantitative estimate of drug-likeness (QED) is 0.240. The Balaban J connectivity index is 0.00000221. The summed E-state index contributed by atoms with van der Waals surface area (Å²) in [5.41, 5.74) is -0.392. The highest BCUT2D eigenvalue weighted by atomic mass is 19.1. The van der Waals surface area contributed by atoms with E-state index in [1.165, 1.54) is 6.08 Å². The van der Waals surface area contributed by atoms with Crippen LogP contribution < -0.4 is 15.9 Å². The largest absolute Gasteiger partial charge is 0.340 e. The molecule has 0 spiro atoms. The summed E-state index contributed by atoms with van der Waals surface area (Å²) in [6.45, 7) is 17.5. The summed E-state index contributed by atoms with van der Waals surface area (Å²) >= 11 is 0. The number of nitrogens with one attached hydrogen (secondary N) is 3. The van der Waals surface area contributed by atoms with Crippen LogP contribution in [-0.4, -0.2) is 84.2 Å². The number of likely N-dealkylation sites (tertiary alicyclic amines) is 2. The maximum absolute atomic E-state index is 15.8. The smallest absolute Gasteiger partial charge is 0.260 e. The molecule has 2 saturated heterocycles. The Bertz CT molecular complexity index is 1230. The Morgan fingerprint density at radius 3 is 2.33 bits per heavy atom. The van der Waals surface area contributed by atoms with Gasteiger partial charge >= 0.3 is 0 Å². The summed E-state index contributed by atoms with van der Waals surface area (Å²) in [7, 11) is 1.91. The van der Waals surface area contributed by atoms with E-state index in [9.17, 15) is 4.79 Å². The molecular weight excluding hydrogens is 539 g/mol. The highest BCUT2D eigenvalue weighted by Crippen LogP contribution is 2.31. The van der Waals surface area contributed by atoms with Gasteiger partial charge in [-0.2, -0.15) is 0 Å². The zero-order chi connectivity index (χ0) is 32.3. The number of hydrogen-bond donors (Lipinski definition) is 3. The van der Waals surface area contributed by atoms with Crippen molar-refractivity contribution in [3.8, 4) is 0 Å². The topological polar surface area (TPSA) is 88.2 Å². The average molecular weight is 595 g/mol. The molecule has 0 bridgehead atoms. The fourth-order valence-electron chi connectivity index (χ4n) is 5.28. The lowest BCUT2D eigenvalue weighted by molar-refractivity contribution is -0.148. The Labute approximate surface area is 259 Å². The first-order valence-corrected chi connectivity index (χ1v) is 15.8. The van der Waals surface area contributed by atoms with E-state index in [-0.39, 0.29) is 18.9 Å². The lowest BCUT2D eigenvalue weighted by Crippen LogP contribution is -2.54. The zero-order valence-electron chi connectivity index (χ0n) is 27.3. The van der Waals surface area contributed by atoms with E-state index in [0.29, 0.717) is 38.4 Å². The van der Waals surface area contributed by atoms with Gasteiger partial charge < -0.3 is 25.6 Å².